The minimum Gasteiger partial charge on any atom is -0.374 e. The lowest BCUT2D eigenvalue weighted by Gasteiger charge is -2.42. The van der Waals surface area contributed by atoms with Crippen molar-refractivity contribution in [1.29, 1.82) is 0 Å². The van der Waals surface area contributed by atoms with E-state index in [1.54, 1.807) is 0 Å². The van der Waals surface area contributed by atoms with Gasteiger partial charge in [0, 0.05) is 0 Å². The molecule has 3 aliphatic carbocycles. The van der Waals surface area contributed by atoms with E-state index < -0.39 is 11.6 Å². The molecule has 4 rings (SSSR count). The lowest BCUT2D eigenvalue weighted by atomic mass is 9.65. The summed E-state index contributed by atoms with van der Waals surface area (Å²) in [6.45, 7) is 6.56. The minimum atomic E-state index is -0.545. The van der Waals surface area contributed by atoms with E-state index in [1.807, 2.05) is 12.1 Å². The van der Waals surface area contributed by atoms with Gasteiger partial charge in [-0.2, -0.15) is 0 Å². The number of hydrogen-bond donors (Lipinski definition) is 0. The maximum atomic E-state index is 15.2. The summed E-state index contributed by atoms with van der Waals surface area (Å²) in [5, 5.41) is 0. The highest BCUT2D eigenvalue weighted by atomic mass is 19.2. The molecule has 3 heteroatoms. The summed E-state index contributed by atoms with van der Waals surface area (Å²) < 4.78 is 36.2. The largest absolute Gasteiger partial charge is 0.374 e. The van der Waals surface area contributed by atoms with Gasteiger partial charge in [0.15, 0.2) is 11.6 Å². The smallest absolute Gasteiger partial charge is 0.162 e. The third-order valence-electron chi connectivity index (χ3n) is 8.16. The van der Waals surface area contributed by atoms with Gasteiger partial charge in [-0.15, -0.1) is 6.58 Å². The lowest BCUT2D eigenvalue weighted by Crippen LogP contribution is -2.34. The first kappa shape index (κ1) is 22.0. The number of hydrogen-bond acceptors (Lipinski definition) is 1. The molecule has 0 amide bonds. The average Bonchev–Trinajstić information content (AvgIpc) is 2.78. The Labute approximate surface area is 181 Å². The van der Waals surface area contributed by atoms with Gasteiger partial charge in [0.05, 0.1) is 12.7 Å². The molecule has 3 aliphatic rings. The Bertz CT molecular complexity index is 743. The van der Waals surface area contributed by atoms with Crippen LogP contribution in [0.3, 0.4) is 0 Å². The van der Waals surface area contributed by atoms with Gasteiger partial charge in [0.25, 0.3) is 0 Å². The standard InChI is InChI=1S/C27H38F2O/c1-3-5-6-18-7-8-22-17-25(27(29)26(28)24(22)14-18)21-10-9-20-16-23(30-13-4-2)12-11-19(20)15-21/h4,17-21,23H,2-3,5-16H2,1H3. The van der Waals surface area contributed by atoms with Crippen LogP contribution in [0, 0.1) is 29.4 Å². The number of aryl methyl sites for hydroxylation is 1. The van der Waals surface area contributed by atoms with E-state index in [-0.39, 0.29) is 5.92 Å². The molecule has 0 saturated heterocycles. The molecule has 0 aliphatic heterocycles. The molecule has 5 atom stereocenters. The van der Waals surface area contributed by atoms with Gasteiger partial charge in [-0.25, -0.2) is 8.78 Å². The van der Waals surface area contributed by atoms with Crippen LogP contribution in [-0.4, -0.2) is 12.7 Å². The molecule has 30 heavy (non-hydrogen) atoms. The first-order valence-corrected chi connectivity index (χ1v) is 12.3. The molecular weight excluding hydrogens is 378 g/mol. The van der Waals surface area contributed by atoms with Crippen LogP contribution in [0.2, 0.25) is 0 Å². The molecular formula is C27H38F2O. The third kappa shape index (κ3) is 4.66. The van der Waals surface area contributed by atoms with E-state index in [9.17, 15) is 0 Å². The second-order valence-electron chi connectivity index (χ2n) is 10.1. The van der Waals surface area contributed by atoms with Crippen LogP contribution < -0.4 is 0 Å². The highest BCUT2D eigenvalue weighted by molar-refractivity contribution is 5.38. The van der Waals surface area contributed by atoms with E-state index >= 15 is 8.78 Å². The van der Waals surface area contributed by atoms with E-state index in [1.165, 1.54) is 12.8 Å². The van der Waals surface area contributed by atoms with Gasteiger partial charge in [-0.05, 0) is 98.1 Å². The van der Waals surface area contributed by atoms with Crippen LogP contribution in [0.4, 0.5) is 8.78 Å². The second-order valence-corrected chi connectivity index (χ2v) is 10.1. The first-order valence-electron chi connectivity index (χ1n) is 12.3. The van der Waals surface area contributed by atoms with Crippen LogP contribution >= 0.6 is 0 Å². The first-order chi connectivity index (χ1) is 14.6. The topological polar surface area (TPSA) is 9.23 Å². The Kier molecular flexibility index (Phi) is 7.28. The molecule has 1 aromatic rings. The molecule has 0 aromatic heterocycles. The van der Waals surface area contributed by atoms with Gasteiger partial charge in [-0.3, -0.25) is 0 Å². The molecule has 0 N–H and O–H groups in total. The minimum absolute atomic E-state index is 0.175. The average molecular weight is 417 g/mol. The molecule has 0 spiro atoms. The van der Waals surface area contributed by atoms with Crippen molar-refractivity contribution in [3.05, 3.63) is 47.0 Å². The summed E-state index contributed by atoms with van der Waals surface area (Å²) in [7, 11) is 0. The highest BCUT2D eigenvalue weighted by Crippen LogP contribution is 2.48. The normalized spacial score (nSPS) is 31.1. The molecule has 1 nitrogen and oxygen atoms in total. The summed E-state index contributed by atoms with van der Waals surface area (Å²) in [6, 6.07) is 2.05. The molecule has 166 valence electrons. The molecule has 2 saturated carbocycles. The zero-order chi connectivity index (χ0) is 21.1. The highest BCUT2D eigenvalue weighted by Gasteiger charge is 2.38. The Morgan fingerprint density at radius 1 is 1.07 bits per heavy atom. The maximum Gasteiger partial charge on any atom is 0.162 e. The fourth-order valence-corrected chi connectivity index (χ4v) is 6.45. The Morgan fingerprint density at radius 2 is 1.87 bits per heavy atom. The monoisotopic (exact) mass is 416 g/mol. The molecule has 1 aromatic carbocycles. The molecule has 5 unspecified atom stereocenters. The number of benzene rings is 1. The van der Waals surface area contributed by atoms with Gasteiger partial charge in [0.1, 0.15) is 0 Å². The second kappa shape index (κ2) is 9.94. The number of halogens is 2. The predicted octanol–water partition coefficient (Wildman–Crippen LogP) is 7.51. The van der Waals surface area contributed by atoms with E-state index in [0.29, 0.717) is 41.6 Å². The molecule has 0 radical (unpaired) electrons. The predicted molar refractivity (Wildman–Crippen MR) is 119 cm³/mol. The number of rotatable bonds is 7. The van der Waals surface area contributed by atoms with Gasteiger partial charge in [-0.1, -0.05) is 38.3 Å². The number of unbranched alkanes of at least 4 members (excludes halogenated alkanes) is 1. The van der Waals surface area contributed by atoms with Crippen molar-refractivity contribution in [2.24, 2.45) is 17.8 Å². The van der Waals surface area contributed by atoms with Crippen molar-refractivity contribution in [1.82, 2.24) is 0 Å². The quantitative estimate of drug-likeness (QED) is 0.418. The Hall–Kier alpha value is -1.22. The molecule has 0 bridgehead atoms. The van der Waals surface area contributed by atoms with E-state index in [2.05, 4.69) is 13.5 Å². The number of fused-ring (bicyclic) bond motifs is 2. The van der Waals surface area contributed by atoms with Crippen molar-refractivity contribution in [3.63, 3.8) is 0 Å². The van der Waals surface area contributed by atoms with Crippen molar-refractivity contribution >= 4 is 0 Å². The van der Waals surface area contributed by atoms with Crippen molar-refractivity contribution < 1.29 is 13.5 Å². The third-order valence-corrected chi connectivity index (χ3v) is 8.16. The SMILES string of the molecule is C=CCOC1CCC2CC(c3cc4c(c(F)c3F)CC(CCCC)CC4)CCC2C1. The summed E-state index contributed by atoms with van der Waals surface area (Å²) in [5.41, 5.74) is 2.43. The van der Waals surface area contributed by atoms with Crippen LogP contribution in [-0.2, 0) is 17.6 Å². The fourth-order valence-electron chi connectivity index (χ4n) is 6.45. The maximum absolute atomic E-state index is 15.2. The van der Waals surface area contributed by atoms with Crippen molar-refractivity contribution in [2.45, 2.75) is 96.0 Å². The van der Waals surface area contributed by atoms with Crippen molar-refractivity contribution in [2.75, 3.05) is 6.61 Å². The lowest BCUT2D eigenvalue weighted by molar-refractivity contribution is -0.00327. The van der Waals surface area contributed by atoms with Crippen LogP contribution in [0.25, 0.3) is 0 Å². The van der Waals surface area contributed by atoms with Gasteiger partial charge < -0.3 is 4.74 Å². The van der Waals surface area contributed by atoms with Gasteiger partial charge >= 0.3 is 0 Å². The van der Waals surface area contributed by atoms with Crippen LogP contribution in [0.15, 0.2) is 18.7 Å². The van der Waals surface area contributed by atoms with Crippen LogP contribution in [0.5, 0.6) is 0 Å². The number of ether oxygens (including phenoxy) is 1. The zero-order valence-electron chi connectivity index (χ0n) is 18.6. The van der Waals surface area contributed by atoms with Crippen LogP contribution in [0.1, 0.15) is 93.7 Å². The van der Waals surface area contributed by atoms with E-state index in [0.717, 1.165) is 69.8 Å². The summed E-state index contributed by atoms with van der Waals surface area (Å²) in [5.74, 6) is 0.920. The Balaban J connectivity index is 1.44. The van der Waals surface area contributed by atoms with Gasteiger partial charge in [0.2, 0.25) is 0 Å². The summed E-state index contributed by atoms with van der Waals surface area (Å²) >= 11 is 0. The van der Waals surface area contributed by atoms with Crippen molar-refractivity contribution in [3.8, 4) is 0 Å². The summed E-state index contributed by atoms with van der Waals surface area (Å²) in [6.07, 6.45) is 14.9. The molecule has 0 heterocycles. The van der Waals surface area contributed by atoms with E-state index in [4.69, 9.17) is 4.74 Å². The fraction of sp³-hybridized carbons (Fsp3) is 0.704. The molecule has 2 fully saturated rings. The summed E-state index contributed by atoms with van der Waals surface area (Å²) in [4.78, 5) is 0. The Morgan fingerprint density at radius 3 is 2.67 bits per heavy atom. The zero-order valence-corrected chi connectivity index (χ0v) is 18.6.